The number of carbonyl (C=O) groups is 1. The van der Waals surface area contributed by atoms with Crippen LogP contribution in [0, 0.1) is 5.82 Å². The van der Waals surface area contributed by atoms with Gasteiger partial charge in [-0.15, -0.1) is 0 Å². The van der Waals surface area contributed by atoms with Crippen LogP contribution >= 0.6 is 0 Å². The van der Waals surface area contributed by atoms with Crippen LogP contribution in [0.3, 0.4) is 0 Å². The fraction of sp³-hybridized carbons (Fsp3) is 0.312. The number of carbonyl (C=O) groups excluding carboxylic acids is 1. The van der Waals surface area contributed by atoms with Gasteiger partial charge in [0.25, 0.3) is 11.8 Å². The fourth-order valence-electron chi connectivity index (χ4n) is 2.53. The van der Waals surface area contributed by atoms with Crippen molar-refractivity contribution in [2.75, 3.05) is 18.5 Å². The average molecular weight is 367 g/mol. The van der Waals surface area contributed by atoms with E-state index in [4.69, 9.17) is 10.5 Å². The van der Waals surface area contributed by atoms with Crippen molar-refractivity contribution in [2.45, 2.75) is 12.0 Å². The molecule has 0 saturated carbocycles. The summed E-state index contributed by atoms with van der Waals surface area (Å²) in [5.74, 6) is -5.05. The lowest BCUT2D eigenvalue weighted by Gasteiger charge is -2.22. The van der Waals surface area contributed by atoms with Gasteiger partial charge in [0.1, 0.15) is 30.9 Å². The average Bonchev–Trinajstić information content (AvgIpc) is 2.95. The molecule has 1 aliphatic heterocycles. The number of ether oxygens (including phenoxy) is 1. The first-order valence-corrected chi connectivity index (χ1v) is 7.64. The summed E-state index contributed by atoms with van der Waals surface area (Å²) in [7, 11) is 1.64. The van der Waals surface area contributed by atoms with E-state index in [1.165, 1.54) is 16.8 Å². The number of aliphatic imine (C=N–C) groups is 1. The summed E-state index contributed by atoms with van der Waals surface area (Å²) in [6.45, 7) is -1.20. The number of amides is 1. The Kier molecular flexibility index (Phi) is 4.68. The maximum atomic E-state index is 14.3. The highest BCUT2D eigenvalue weighted by atomic mass is 19.3. The zero-order chi connectivity index (χ0) is 18.9. The minimum atomic E-state index is -3.45. The summed E-state index contributed by atoms with van der Waals surface area (Å²) in [4.78, 5) is 15.8. The van der Waals surface area contributed by atoms with E-state index in [0.29, 0.717) is 0 Å². The third-order valence-corrected chi connectivity index (χ3v) is 3.73. The van der Waals surface area contributed by atoms with Crippen molar-refractivity contribution in [1.29, 1.82) is 0 Å². The molecule has 1 aliphatic rings. The number of alkyl halides is 2. The smallest absolute Gasteiger partial charge is 0.297 e. The number of benzene rings is 1. The Morgan fingerprint density at radius 1 is 1.42 bits per heavy atom. The topological polar surface area (TPSA) is 94.5 Å². The molecule has 3 rings (SSSR count). The number of rotatable bonds is 3. The zero-order valence-electron chi connectivity index (χ0n) is 13.7. The Labute approximate surface area is 146 Å². The van der Waals surface area contributed by atoms with Gasteiger partial charge in [-0.2, -0.15) is 5.10 Å². The van der Waals surface area contributed by atoms with Crippen LogP contribution in [0.4, 0.5) is 18.9 Å². The van der Waals surface area contributed by atoms with E-state index in [0.717, 1.165) is 12.1 Å². The third-order valence-electron chi connectivity index (χ3n) is 3.73. The molecule has 3 N–H and O–H groups in total. The standard InChI is InChI=1S/C16H16F3N5O2/c1-24-5-4-12(23-24)15(25)21-9-2-3-11(17)10(6-9)14-16(18,19)8-26-7-13(20)22-14/h2-6,14H,7-8H2,1H3,(H2,20,22)(H,21,25). The first-order chi connectivity index (χ1) is 12.3. The van der Waals surface area contributed by atoms with Gasteiger partial charge >= 0.3 is 0 Å². The molecule has 1 atom stereocenters. The summed E-state index contributed by atoms with van der Waals surface area (Å²) in [6.07, 6.45) is 1.58. The molecule has 0 fully saturated rings. The Morgan fingerprint density at radius 2 is 2.19 bits per heavy atom. The van der Waals surface area contributed by atoms with Crippen molar-refractivity contribution in [3.63, 3.8) is 0 Å². The van der Waals surface area contributed by atoms with E-state index in [1.807, 2.05) is 0 Å². The monoisotopic (exact) mass is 367 g/mol. The molecule has 26 heavy (non-hydrogen) atoms. The lowest BCUT2D eigenvalue weighted by atomic mass is 10.00. The summed E-state index contributed by atoms with van der Waals surface area (Å²) < 4.78 is 49.0. The van der Waals surface area contributed by atoms with E-state index in [-0.39, 0.29) is 29.4 Å². The molecular weight excluding hydrogens is 351 g/mol. The molecule has 10 heteroatoms. The van der Waals surface area contributed by atoms with E-state index in [1.54, 1.807) is 13.2 Å². The Morgan fingerprint density at radius 3 is 2.88 bits per heavy atom. The normalized spacial score (nSPS) is 19.5. The SMILES string of the molecule is Cn1ccc(C(=O)Nc2ccc(F)c(C3N=C(N)COCC3(F)F)c2)n1. The van der Waals surface area contributed by atoms with Gasteiger partial charge < -0.3 is 15.8 Å². The molecule has 7 nitrogen and oxygen atoms in total. The van der Waals surface area contributed by atoms with Crippen LogP contribution in [-0.2, 0) is 11.8 Å². The number of aromatic nitrogens is 2. The summed E-state index contributed by atoms with van der Waals surface area (Å²) in [6, 6.07) is 2.99. The first-order valence-electron chi connectivity index (χ1n) is 7.64. The second-order valence-corrected chi connectivity index (χ2v) is 5.84. The van der Waals surface area contributed by atoms with Gasteiger partial charge in [0.15, 0.2) is 5.69 Å². The summed E-state index contributed by atoms with van der Waals surface area (Å²) in [5.41, 5.74) is 5.40. The molecule has 0 spiro atoms. The molecule has 1 aromatic heterocycles. The number of hydrogen-bond donors (Lipinski definition) is 2. The molecule has 1 amide bonds. The van der Waals surface area contributed by atoms with Crippen LogP contribution in [0.1, 0.15) is 22.1 Å². The molecule has 1 aromatic carbocycles. The predicted octanol–water partition coefficient (Wildman–Crippen LogP) is 1.88. The molecule has 138 valence electrons. The number of nitrogens with two attached hydrogens (primary N) is 1. The highest BCUT2D eigenvalue weighted by molar-refractivity contribution is 6.02. The van der Waals surface area contributed by atoms with Crippen molar-refractivity contribution >= 4 is 17.4 Å². The van der Waals surface area contributed by atoms with Crippen LogP contribution in [-0.4, -0.2) is 40.7 Å². The summed E-state index contributed by atoms with van der Waals surface area (Å²) in [5, 5.41) is 6.43. The Bertz CT molecular complexity index is 865. The Balaban J connectivity index is 1.92. The number of hydrogen-bond acceptors (Lipinski definition) is 5. The molecule has 0 radical (unpaired) electrons. The highest BCUT2D eigenvalue weighted by Crippen LogP contribution is 2.38. The molecule has 2 heterocycles. The van der Waals surface area contributed by atoms with Gasteiger partial charge in [0, 0.05) is 24.5 Å². The van der Waals surface area contributed by atoms with Crippen molar-refractivity contribution in [2.24, 2.45) is 17.8 Å². The molecule has 2 aromatic rings. The number of nitrogens with zero attached hydrogens (tertiary/aromatic N) is 3. The quantitative estimate of drug-likeness (QED) is 0.866. The van der Waals surface area contributed by atoms with E-state index >= 15 is 0 Å². The number of nitrogens with one attached hydrogen (secondary N) is 1. The van der Waals surface area contributed by atoms with Crippen LogP contribution < -0.4 is 11.1 Å². The van der Waals surface area contributed by atoms with Gasteiger partial charge in [0.05, 0.1) is 0 Å². The Hall–Kier alpha value is -2.88. The highest BCUT2D eigenvalue weighted by Gasteiger charge is 2.44. The van der Waals surface area contributed by atoms with E-state index < -0.39 is 30.3 Å². The largest absolute Gasteiger partial charge is 0.386 e. The second-order valence-electron chi connectivity index (χ2n) is 5.84. The maximum Gasteiger partial charge on any atom is 0.297 e. The first kappa shape index (κ1) is 17.9. The second kappa shape index (κ2) is 6.79. The molecule has 0 bridgehead atoms. The van der Waals surface area contributed by atoms with E-state index in [2.05, 4.69) is 15.4 Å². The fourth-order valence-corrected chi connectivity index (χ4v) is 2.53. The lowest BCUT2D eigenvalue weighted by Crippen LogP contribution is -2.30. The van der Waals surface area contributed by atoms with Crippen LogP contribution in [0.5, 0.6) is 0 Å². The lowest BCUT2D eigenvalue weighted by molar-refractivity contribution is -0.0831. The maximum absolute atomic E-state index is 14.3. The van der Waals surface area contributed by atoms with Crippen molar-refractivity contribution in [3.8, 4) is 0 Å². The zero-order valence-corrected chi connectivity index (χ0v) is 13.7. The number of halogens is 3. The van der Waals surface area contributed by atoms with Gasteiger partial charge in [-0.25, -0.2) is 13.2 Å². The van der Waals surface area contributed by atoms with E-state index in [9.17, 15) is 18.0 Å². The third kappa shape index (κ3) is 3.69. The van der Waals surface area contributed by atoms with Gasteiger partial charge in [0.2, 0.25) is 0 Å². The van der Waals surface area contributed by atoms with Crippen molar-refractivity contribution in [3.05, 3.63) is 47.5 Å². The molecule has 0 saturated heterocycles. The van der Waals surface area contributed by atoms with Gasteiger partial charge in [-0.1, -0.05) is 0 Å². The minimum Gasteiger partial charge on any atom is -0.386 e. The van der Waals surface area contributed by atoms with Crippen molar-refractivity contribution < 1.29 is 22.7 Å². The predicted molar refractivity (Wildman–Crippen MR) is 87.7 cm³/mol. The summed E-state index contributed by atoms with van der Waals surface area (Å²) >= 11 is 0. The van der Waals surface area contributed by atoms with Crippen LogP contribution in [0.25, 0.3) is 0 Å². The van der Waals surface area contributed by atoms with Gasteiger partial charge in [-0.3, -0.25) is 14.5 Å². The van der Waals surface area contributed by atoms with Crippen LogP contribution in [0.15, 0.2) is 35.5 Å². The number of aryl methyl sites for hydroxylation is 1. The number of anilines is 1. The van der Waals surface area contributed by atoms with Gasteiger partial charge in [-0.05, 0) is 24.3 Å². The molecular formula is C16H16F3N5O2. The molecule has 0 aliphatic carbocycles. The van der Waals surface area contributed by atoms with Crippen LogP contribution in [0.2, 0.25) is 0 Å². The van der Waals surface area contributed by atoms with Crippen molar-refractivity contribution in [1.82, 2.24) is 9.78 Å². The number of amidine groups is 1. The molecule has 1 unspecified atom stereocenters. The minimum absolute atomic E-state index is 0.131.